The Labute approximate surface area is 125 Å². The number of rotatable bonds is 3. The molecule has 4 N–H and O–H groups in total. The molecule has 2 saturated heterocycles. The number of phenols is 1. The number of benzene rings is 1. The number of sulfonamides is 1. The van der Waals surface area contributed by atoms with E-state index in [4.69, 9.17) is 5.73 Å². The number of nitrogen functional groups attached to an aromatic ring is 1. The van der Waals surface area contributed by atoms with E-state index in [9.17, 15) is 13.5 Å². The first-order valence-electron chi connectivity index (χ1n) is 7.32. The average Bonchev–Trinajstić information content (AvgIpc) is 2.85. The van der Waals surface area contributed by atoms with Crippen molar-refractivity contribution in [3.63, 3.8) is 0 Å². The lowest BCUT2D eigenvalue weighted by molar-refractivity contribution is 0.186. The number of piperidine rings is 1. The van der Waals surface area contributed by atoms with Crippen LogP contribution in [0.2, 0.25) is 0 Å². The zero-order valence-corrected chi connectivity index (χ0v) is 12.6. The van der Waals surface area contributed by atoms with Crippen molar-refractivity contribution in [1.82, 2.24) is 9.62 Å². The van der Waals surface area contributed by atoms with E-state index in [1.54, 1.807) is 0 Å². The monoisotopic (exact) mass is 311 g/mol. The molecular formula is C14H21N3O3S. The number of phenolic OH excluding ortho intramolecular Hbond substituents is 1. The first-order valence-corrected chi connectivity index (χ1v) is 8.80. The molecule has 1 aromatic carbocycles. The molecule has 21 heavy (non-hydrogen) atoms. The molecule has 0 amide bonds. The Morgan fingerprint density at radius 1 is 1.24 bits per heavy atom. The summed E-state index contributed by atoms with van der Waals surface area (Å²) in [6.45, 7) is 2.02. The van der Waals surface area contributed by atoms with Gasteiger partial charge in [-0.15, -0.1) is 0 Å². The van der Waals surface area contributed by atoms with Gasteiger partial charge in [-0.05, 0) is 44.0 Å². The number of hydrogen-bond donors (Lipinski definition) is 3. The fourth-order valence-corrected chi connectivity index (χ4v) is 4.69. The van der Waals surface area contributed by atoms with Crippen LogP contribution in [-0.4, -0.2) is 43.6 Å². The molecule has 2 fully saturated rings. The van der Waals surface area contributed by atoms with Crippen molar-refractivity contribution < 1.29 is 13.5 Å². The average molecular weight is 311 g/mol. The van der Waals surface area contributed by atoms with E-state index in [2.05, 4.69) is 9.62 Å². The van der Waals surface area contributed by atoms with Crippen LogP contribution in [0.25, 0.3) is 0 Å². The summed E-state index contributed by atoms with van der Waals surface area (Å²) < 4.78 is 27.7. The van der Waals surface area contributed by atoms with Gasteiger partial charge in [0.2, 0.25) is 10.0 Å². The van der Waals surface area contributed by atoms with Crippen molar-refractivity contribution >= 4 is 15.7 Å². The summed E-state index contributed by atoms with van der Waals surface area (Å²) in [6.07, 6.45) is 4.25. The maximum atomic E-state index is 12.5. The Morgan fingerprint density at radius 2 is 2.05 bits per heavy atom. The lowest BCUT2D eigenvalue weighted by Crippen LogP contribution is -2.46. The molecule has 2 unspecified atom stereocenters. The Kier molecular flexibility index (Phi) is 3.81. The number of anilines is 1. The summed E-state index contributed by atoms with van der Waals surface area (Å²) in [6, 6.07) is 4.26. The lowest BCUT2D eigenvalue weighted by Gasteiger charge is -2.32. The van der Waals surface area contributed by atoms with Crippen LogP contribution < -0.4 is 10.5 Å². The third kappa shape index (κ3) is 2.86. The van der Waals surface area contributed by atoms with Gasteiger partial charge in [-0.3, -0.25) is 4.90 Å². The topological polar surface area (TPSA) is 95.7 Å². The van der Waals surface area contributed by atoms with Crippen molar-refractivity contribution in [1.29, 1.82) is 0 Å². The zero-order chi connectivity index (χ0) is 15.0. The minimum absolute atomic E-state index is 0.0367. The third-order valence-corrected chi connectivity index (χ3v) is 5.96. The van der Waals surface area contributed by atoms with Crippen molar-refractivity contribution in [2.24, 2.45) is 0 Å². The second-order valence-electron chi connectivity index (χ2n) is 5.84. The van der Waals surface area contributed by atoms with Gasteiger partial charge in [0.15, 0.2) is 0 Å². The standard InChI is InChI=1S/C14H21N3O3S/c15-11-9-10(4-5-14(11)18)21(19,20)16-12-6-8-17-7-2-1-3-13(12)17/h4-5,9,12-13,16,18H,1-3,6-8,15H2. The summed E-state index contributed by atoms with van der Waals surface area (Å²) >= 11 is 0. The molecule has 0 radical (unpaired) electrons. The second-order valence-corrected chi connectivity index (χ2v) is 7.55. The van der Waals surface area contributed by atoms with Crippen LogP contribution in [0, 0.1) is 0 Å². The molecule has 0 saturated carbocycles. The van der Waals surface area contributed by atoms with Gasteiger partial charge < -0.3 is 10.8 Å². The normalized spacial score (nSPS) is 26.7. The van der Waals surface area contributed by atoms with E-state index in [-0.39, 0.29) is 22.4 Å². The summed E-state index contributed by atoms with van der Waals surface area (Å²) in [4.78, 5) is 2.48. The lowest BCUT2D eigenvalue weighted by atomic mass is 10.00. The van der Waals surface area contributed by atoms with E-state index < -0.39 is 10.0 Å². The van der Waals surface area contributed by atoms with Crippen LogP contribution in [0.4, 0.5) is 5.69 Å². The van der Waals surface area contributed by atoms with E-state index in [1.807, 2.05) is 0 Å². The van der Waals surface area contributed by atoms with E-state index in [0.717, 1.165) is 32.4 Å². The molecular weight excluding hydrogens is 290 g/mol. The number of aromatic hydroxyl groups is 1. The number of fused-ring (bicyclic) bond motifs is 1. The molecule has 7 heteroatoms. The molecule has 2 atom stereocenters. The summed E-state index contributed by atoms with van der Waals surface area (Å²) in [5, 5.41) is 9.40. The van der Waals surface area contributed by atoms with Gasteiger partial charge in [0.1, 0.15) is 5.75 Å². The van der Waals surface area contributed by atoms with Crippen molar-refractivity contribution in [3.8, 4) is 5.75 Å². The van der Waals surface area contributed by atoms with Crippen molar-refractivity contribution in [2.75, 3.05) is 18.8 Å². The highest BCUT2D eigenvalue weighted by atomic mass is 32.2. The van der Waals surface area contributed by atoms with Crippen molar-refractivity contribution in [2.45, 2.75) is 42.7 Å². The molecule has 0 aliphatic carbocycles. The number of hydrogen-bond acceptors (Lipinski definition) is 5. The Balaban J connectivity index is 1.78. The quantitative estimate of drug-likeness (QED) is 0.569. The highest BCUT2D eigenvalue weighted by molar-refractivity contribution is 7.89. The second kappa shape index (κ2) is 5.47. The Hall–Kier alpha value is -1.31. The van der Waals surface area contributed by atoms with Gasteiger partial charge in [-0.25, -0.2) is 13.1 Å². The highest BCUT2D eigenvalue weighted by Crippen LogP contribution is 2.29. The molecule has 0 aromatic heterocycles. The summed E-state index contributed by atoms with van der Waals surface area (Å²) in [5.74, 6) is -0.103. The van der Waals surface area contributed by atoms with Gasteiger partial charge in [0, 0.05) is 18.6 Å². The third-order valence-electron chi connectivity index (χ3n) is 4.47. The molecule has 116 valence electrons. The summed E-state index contributed by atoms with van der Waals surface area (Å²) in [5.41, 5.74) is 5.65. The van der Waals surface area contributed by atoms with Gasteiger partial charge in [0.05, 0.1) is 10.6 Å². The summed E-state index contributed by atoms with van der Waals surface area (Å²) in [7, 11) is -3.60. The van der Waals surface area contributed by atoms with Crippen LogP contribution in [0.15, 0.2) is 23.1 Å². The van der Waals surface area contributed by atoms with Crippen LogP contribution in [0.3, 0.4) is 0 Å². The van der Waals surface area contributed by atoms with Crippen LogP contribution in [0.5, 0.6) is 5.75 Å². The van der Waals surface area contributed by atoms with Crippen LogP contribution in [0.1, 0.15) is 25.7 Å². The number of nitrogens with zero attached hydrogens (tertiary/aromatic N) is 1. The van der Waals surface area contributed by atoms with E-state index >= 15 is 0 Å². The fourth-order valence-electron chi connectivity index (χ4n) is 3.35. The minimum Gasteiger partial charge on any atom is -0.506 e. The van der Waals surface area contributed by atoms with Gasteiger partial charge in [-0.1, -0.05) is 6.42 Å². The number of nitrogens with two attached hydrogens (primary N) is 1. The van der Waals surface area contributed by atoms with E-state index in [0.29, 0.717) is 6.04 Å². The van der Waals surface area contributed by atoms with Crippen molar-refractivity contribution in [3.05, 3.63) is 18.2 Å². The molecule has 0 spiro atoms. The maximum Gasteiger partial charge on any atom is 0.240 e. The molecule has 2 heterocycles. The molecule has 1 aromatic rings. The SMILES string of the molecule is Nc1cc(S(=O)(=O)NC2CCN3CCCCC23)ccc1O. The molecule has 6 nitrogen and oxygen atoms in total. The van der Waals surface area contributed by atoms with E-state index in [1.165, 1.54) is 24.6 Å². The maximum absolute atomic E-state index is 12.5. The fraction of sp³-hybridized carbons (Fsp3) is 0.571. The molecule has 2 aliphatic heterocycles. The van der Waals surface area contributed by atoms with Crippen LogP contribution >= 0.6 is 0 Å². The largest absolute Gasteiger partial charge is 0.506 e. The predicted octanol–water partition coefficient (Wildman–Crippen LogP) is 0.879. The zero-order valence-electron chi connectivity index (χ0n) is 11.8. The first-order chi connectivity index (χ1) is 9.97. The van der Waals surface area contributed by atoms with Gasteiger partial charge >= 0.3 is 0 Å². The molecule has 3 rings (SSSR count). The smallest absolute Gasteiger partial charge is 0.240 e. The predicted molar refractivity (Wildman–Crippen MR) is 80.5 cm³/mol. The van der Waals surface area contributed by atoms with Gasteiger partial charge in [0.25, 0.3) is 0 Å². The Morgan fingerprint density at radius 3 is 2.81 bits per heavy atom. The Bertz CT molecular complexity index is 632. The van der Waals surface area contributed by atoms with Gasteiger partial charge in [-0.2, -0.15) is 0 Å². The molecule has 2 aliphatic rings. The number of nitrogens with one attached hydrogen (secondary N) is 1. The first kappa shape index (κ1) is 14.6. The highest BCUT2D eigenvalue weighted by Gasteiger charge is 2.37. The minimum atomic E-state index is -3.60. The van der Waals surface area contributed by atoms with Crippen LogP contribution in [-0.2, 0) is 10.0 Å². The molecule has 0 bridgehead atoms.